The van der Waals surface area contributed by atoms with Crippen molar-refractivity contribution in [3.8, 4) is 0 Å². The number of benzene rings is 1. The van der Waals surface area contributed by atoms with Gasteiger partial charge in [-0.25, -0.2) is 4.79 Å². The van der Waals surface area contributed by atoms with Crippen LogP contribution in [0.5, 0.6) is 0 Å². The molecule has 1 saturated heterocycles. The van der Waals surface area contributed by atoms with Crippen LogP contribution in [0, 0.1) is 6.92 Å². The minimum absolute atomic E-state index is 0. The Labute approximate surface area is 201 Å². The van der Waals surface area contributed by atoms with Crippen molar-refractivity contribution in [2.45, 2.75) is 47.0 Å². The average molecular weight is 551 g/mol. The number of halogens is 2. The number of ether oxygens (including phenoxy) is 1. The van der Waals surface area contributed by atoms with Crippen LogP contribution in [0.4, 0.5) is 10.5 Å². The lowest BCUT2D eigenvalue weighted by Gasteiger charge is -2.29. The maximum absolute atomic E-state index is 12.1. The number of anilines is 1. The quantitative estimate of drug-likeness (QED) is 0.424. The first-order valence-electron chi connectivity index (χ1n) is 10.3. The van der Waals surface area contributed by atoms with Gasteiger partial charge in [0.05, 0.1) is 12.3 Å². The largest absolute Gasteiger partial charge is 0.450 e. The Morgan fingerprint density at radius 3 is 2.58 bits per heavy atom. The lowest BCUT2D eigenvalue weighted by Crippen LogP contribution is -2.37. The lowest BCUT2D eigenvalue weighted by molar-refractivity contribution is 0.104. The molecule has 1 fully saturated rings. The van der Waals surface area contributed by atoms with E-state index >= 15 is 0 Å². The molecule has 166 valence electrons. The molecule has 1 aliphatic heterocycles. The van der Waals surface area contributed by atoms with Crippen LogP contribution in [0.25, 0.3) is 5.57 Å². The molecule has 2 heterocycles. The summed E-state index contributed by atoms with van der Waals surface area (Å²) in [6, 6.07) is 4.28. The van der Waals surface area contributed by atoms with Gasteiger partial charge in [-0.3, -0.25) is 4.98 Å². The highest BCUT2D eigenvalue weighted by atomic mass is 79.9. The van der Waals surface area contributed by atoms with Gasteiger partial charge in [-0.2, -0.15) is 0 Å². The van der Waals surface area contributed by atoms with Gasteiger partial charge in [0.25, 0.3) is 0 Å². The number of amides is 1. The van der Waals surface area contributed by atoms with Gasteiger partial charge < -0.3 is 15.4 Å². The van der Waals surface area contributed by atoms with Crippen molar-refractivity contribution in [1.82, 2.24) is 9.88 Å². The smallest absolute Gasteiger partial charge is 0.409 e. The van der Waals surface area contributed by atoms with Crippen LogP contribution >= 0.6 is 31.9 Å². The number of fused-ring (bicyclic) bond motifs is 2. The van der Waals surface area contributed by atoms with E-state index in [2.05, 4.69) is 50.9 Å². The summed E-state index contributed by atoms with van der Waals surface area (Å²) >= 11 is 7.38. The standard InChI is InChI=1S/C23H25Br2N3O2.CH4/c1-3-30-23(29)28-8-6-14(7-9-28)20-18-11-19(26)13(2)21(25)17(18)5-4-15-10-16(24)12-27-22(15)20;/h10-12H,3-9,26H2,1-2H3;1H4. The molecule has 0 unspecified atom stereocenters. The SMILES string of the molecule is C.CCOC(=O)N1CCC(=C2c3cc(N)c(C)c(Br)c3CCc3cc(Br)cnc32)CC1. The number of rotatable bonds is 1. The van der Waals surface area contributed by atoms with Crippen LogP contribution in [-0.2, 0) is 17.6 Å². The zero-order chi connectivity index (χ0) is 21.4. The topological polar surface area (TPSA) is 68.5 Å². The predicted molar refractivity (Wildman–Crippen MR) is 133 cm³/mol. The number of carbonyl (C=O) groups is 1. The number of piperidine rings is 1. The van der Waals surface area contributed by atoms with Crippen LogP contribution in [0.2, 0.25) is 0 Å². The van der Waals surface area contributed by atoms with E-state index in [4.69, 9.17) is 15.5 Å². The average Bonchev–Trinajstić information content (AvgIpc) is 2.89. The molecule has 0 spiro atoms. The fourth-order valence-corrected chi connectivity index (χ4v) is 5.38. The molecule has 5 nitrogen and oxygen atoms in total. The second kappa shape index (κ2) is 9.74. The molecular formula is C24H29Br2N3O2. The summed E-state index contributed by atoms with van der Waals surface area (Å²) < 4.78 is 7.26. The highest BCUT2D eigenvalue weighted by Crippen LogP contribution is 2.42. The van der Waals surface area contributed by atoms with E-state index in [0.29, 0.717) is 19.7 Å². The summed E-state index contributed by atoms with van der Waals surface area (Å²) in [5.41, 5.74) is 15.5. The van der Waals surface area contributed by atoms with E-state index in [1.807, 2.05) is 13.1 Å². The molecule has 2 N–H and O–H groups in total. The molecule has 2 aromatic rings. The number of carbonyl (C=O) groups excluding carboxylic acids is 1. The summed E-state index contributed by atoms with van der Waals surface area (Å²) in [4.78, 5) is 18.8. The Kier molecular flexibility index (Phi) is 7.47. The number of nitrogens with zero attached hydrogens (tertiary/aromatic N) is 2. The van der Waals surface area contributed by atoms with Crippen LogP contribution in [0.3, 0.4) is 0 Å². The molecule has 4 rings (SSSR count). The summed E-state index contributed by atoms with van der Waals surface area (Å²) in [5.74, 6) is 0. The molecule has 1 amide bonds. The molecule has 2 aliphatic rings. The maximum Gasteiger partial charge on any atom is 0.409 e. The second-order valence-corrected chi connectivity index (χ2v) is 9.47. The number of likely N-dealkylation sites (tertiary alicyclic amines) is 1. The van der Waals surface area contributed by atoms with Crippen LogP contribution < -0.4 is 5.73 Å². The Morgan fingerprint density at radius 2 is 1.90 bits per heavy atom. The number of hydrogen-bond donors (Lipinski definition) is 1. The number of aryl methyl sites for hydroxylation is 1. The van der Waals surface area contributed by atoms with Gasteiger partial charge in [0.15, 0.2) is 0 Å². The van der Waals surface area contributed by atoms with Crippen molar-refractivity contribution in [2.24, 2.45) is 0 Å². The Bertz CT molecular complexity index is 1040. The Hall–Kier alpha value is -1.86. The van der Waals surface area contributed by atoms with Gasteiger partial charge in [-0.15, -0.1) is 0 Å². The van der Waals surface area contributed by atoms with E-state index < -0.39 is 0 Å². The molecule has 0 saturated carbocycles. The fourth-order valence-electron chi connectivity index (χ4n) is 4.36. The van der Waals surface area contributed by atoms with Crippen LogP contribution in [0.1, 0.15) is 55.1 Å². The monoisotopic (exact) mass is 549 g/mol. The van der Waals surface area contributed by atoms with E-state index in [9.17, 15) is 4.79 Å². The molecule has 1 aliphatic carbocycles. The summed E-state index contributed by atoms with van der Waals surface area (Å²) in [5, 5.41) is 0. The lowest BCUT2D eigenvalue weighted by atomic mass is 9.87. The number of nitrogen functional groups attached to an aromatic ring is 1. The van der Waals surface area contributed by atoms with Gasteiger partial charge in [0.1, 0.15) is 0 Å². The van der Waals surface area contributed by atoms with E-state index in [1.54, 1.807) is 4.90 Å². The third-order valence-corrected chi connectivity index (χ3v) is 7.49. The summed E-state index contributed by atoms with van der Waals surface area (Å²) in [6.07, 6.45) is 5.08. The maximum atomic E-state index is 12.1. The van der Waals surface area contributed by atoms with Crippen molar-refractivity contribution >= 4 is 49.2 Å². The van der Waals surface area contributed by atoms with Crippen molar-refractivity contribution < 1.29 is 9.53 Å². The molecular weight excluding hydrogens is 522 g/mol. The third-order valence-electron chi connectivity index (χ3n) is 5.98. The molecule has 31 heavy (non-hydrogen) atoms. The zero-order valence-corrected chi connectivity index (χ0v) is 20.4. The van der Waals surface area contributed by atoms with Crippen molar-refractivity contribution in [3.05, 3.63) is 60.8 Å². The molecule has 0 bridgehead atoms. The van der Waals surface area contributed by atoms with Crippen LogP contribution in [0.15, 0.2) is 32.8 Å². The molecule has 1 aromatic heterocycles. The van der Waals surface area contributed by atoms with Gasteiger partial charge in [0.2, 0.25) is 0 Å². The van der Waals surface area contributed by atoms with Crippen molar-refractivity contribution in [1.29, 1.82) is 0 Å². The fraction of sp³-hybridized carbons (Fsp3) is 0.417. The predicted octanol–water partition coefficient (Wildman–Crippen LogP) is 6.29. The van der Waals surface area contributed by atoms with E-state index in [0.717, 1.165) is 57.1 Å². The van der Waals surface area contributed by atoms with Gasteiger partial charge >= 0.3 is 6.09 Å². The minimum atomic E-state index is -0.229. The summed E-state index contributed by atoms with van der Waals surface area (Å²) in [6.45, 7) is 5.60. The van der Waals surface area contributed by atoms with Gasteiger partial charge in [-0.05, 0) is 89.8 Å². The number of pyridine rings is 1. The Morgan fingerprint density at radius 1 is 1.19 bits per heavy atom. The second-order valence-electron chi connectivity index (χ2n) is 7.76. The molecule has 0 radical (unpaired) electrons. The summed E-state index contributed by atoms with van der Waals surface area (Å²) in [7, 11) is 0. The molecule has 0 atom stereocenters. The van der Waals surface area contributed by atoms with E-state index in [1.165, 1.54) is 22.3 Å². The van der Waals surface area contributed by atoms with Crippen molar-refractivity contribution in [2.75, 3.05) is 25.4 Å². The van der Waals surface area contributed by atoms with E-state index in [-0.39, 0.29) is 13.5 Å². The first-order valence-corrected chi connectivity index (χ1v) is 11.9. The van der Waals surface area contributed by atoms with Crippen molar-refractivity contribution in [3.63, 3.8) is 0 Å². The third kappa shape index (κ3) is 4.53. The molecule has 1 aromatic carbocycles. The first kappa shape index (κ1) is 23.8. The number of nitrogens with two attached hydrogens (primary N) is 1. The highest BCUT2D eigenvalue weighted by molar-refractivity contribution is 9.10. The number of aromatic nitrogens is 1. The number of hydrogen-bond acceptors (Lipinski definition) is 4. The highest BCUT2D eigenvalue weighted by Gasteiger charge is 2.28. The van der Waals surface area contributed by atoms with Crippen LogP contribution in [-0.4, -0.2) is 35.7 Å². The zero-order valence-electron chi connectivity index (χ0n) is 17.2. The van der Waals surface area contributed by atoms with Gasteiger partial charge in [-0.1, -0.05) is 28.9 Å². The van der Waals surface area contributed by atoms with Gasteiger partial charge in [0, 0.05) is 39.5 Å². The minimum Gasteiger partial charge on any atom is -0.450 e. The Balaban J connectivity index is 0.00000272. The first-order chi connectivity index (χ1) is 14.4. The normalized spacial score (nSPS) is 15.5. The molecule has 7 heteroatoms.